The van der Waals surface area contributed by atoms with Gasteiger partial charge in [0, 0.05) is 16.7 Å². The van der Waals surface area contributed by atoms with Gasteiger partial charge < -0.3 is 15.2 Å². The van der Waals surface area contributed by atoms with E-state index in [1.165, 1.54) is 11.1 Å². The van der Waals surface area contributed by atoms with Crippen molar-refractivity contribution in [3.05, 3.63) is 58.1 Å². The highest BCUT2D eigenvalue weighted by atomic mass is 79.9. The number of anilines is 1. The minimum Gasteiger partial charge on any atom is -0.491 e. The number of ether oxygens (including phenoxy) is 1. The van der Waals surface area contributed by atoms with Crippen LogP contribution in [0.4, 0.5) is 5.69 Å². The fourth-order valence-electron chi connectivity index (χ4n) is 1.95. The van der Waals surface area contributed by atoms with Gasteiger partial charge in [0.2, 0.25) is 0 Å². The topological polar surface area (TPSA) is 41.5 Å². The zero-order valence-corrected chi connectivity index (χ0v) is 13.9. The second kappa shape index (κ2) is 7.48. The lowest BCUT2D eigenvalue weighted by Crippen LogP contribution is -2.26. The van der Waals surface area contributed by atoms with Gasteiger partial charge in [0.15, 0.2) is 0 Å². The Hall–Kier alpha value is -1.52. The fourth-order valence-corrected chi connectivity index (χ4v) is 2.22. The standard InChI is InChI=1S/C17H20BrNO2/c1-12-4-3-5-17(13(12)2)19-10-15(20)11-21-16-8-6-14(18)7-9-16/h3-9,15,19-20H,10-11H2,1-2H3. The Labute approximate surface area is 134 Å². The van der Waals surface area contributed by atoms with Gasteiger partial charge in [0.25, 0.3) is 0 Å². The molecule has 0 radical (unpaired) electrons. The molecule has 1 atom stereocenters. The van der Waals surface area contributed by atoms with Crippen LogP contribution in [0.25, 0.3) is 0 Å². The monoisotopic (exact) mass is 349 g/mol. The third-order valence-corrected chi connectivity index (χ3v) is 3.92. The molecule has 4 heteroatoms. The highest BCUT2D eigenvalue weighted by Crippen LogP contribution is 2.18. The molecule has 2 rings (SSSR count). The highest BCUT2D eigenvalue weighted by molar-refractivity contribution is 9.10. The van der Waals surface area contributed by atoms with E-state index in [0.717, 1.165) is 15.9 Å². The Morgan fingerprint density at radius 3 is 2.57 bits per heavy atom. The Balaban J connectivity index is 1.80. The molecule has 2 N–H and O–H groups in total. The van der Waals surface area contributed by atoms with Gasteiger partial charge in [0.05, 0.1) is 0 Å². The number of benzene rings is 2. The quantitative estimate of drug-likeness (QED) is 0.830. The molecule has 0 amide bonds. The molecule has 0 saturated carbocycles. The summed E-state index contributed by atoms with van der Waals surface area (Å²) in [6.45, 7) is 4.87. The zero-order chi connectivity index (χ0) is 15.2. The Bertz CT molecular complexity index is 584. The van der Waals surface area contributed by atoms with Crippen molar-refractivity contribution in [3.63, 3.8) is 0 Å². The molecule has 3 nitrogen and oxygen atoms in total. The number of aliphatic hydroxyl groups excluding tert-OH is 1. The summed E-state index contributed by atoms with van der Waals surface area (Å²) < 4.78 is 6.56. The lowest BCUT2D eigenvalue weighted by Gasteiger charge is -2.16. The first-order valence-electron chi connectivity index (χ1n) is 6.93. The molecular weight excluding hydrogens is 330 g/mol. The van der Waals surface area contributed by atoms with E-state index in [4.69, 9.17) is 4.74 Å². The first-order valence-corrected chi connectivity index (χ1v) is 7.72. The molecule has 0 heterocycles. The van der Waals surface area contributed by atoms with Crippen molar-refractivity contribution >= 4 is 21.6 Å². The van der Waals surface area contributed by atoms with Gasteiger partial charge in [-0.3, -0.25) is 0 Å². The van der Waals surface area contributed by atoms with E-state index in [2.05, 4.69) is 41.2 Å². The molecule has 0 aromatic heterocycles. The number of nitrogens with one attached hydrogen (secondary N) is 1. The van der Waals surface area contributed by atoms with Crippen molar-refractivity contribution in [1.29, 1.82) is 0 Å². The molecule has 0 spiro atoms. The van der Waals surface area contributed by atoms with Gasteiger partial charge in [-0.25, -0.2) is 0 Å². The van der Waals surface area contributed by atoms with Crippen molar-refractivity contribution in [3.8, 4) is 5.75 Å². The van der Waals surface area contributed by atoms with E-state index in [9.17, 15) is 5.11 Å². The van der Waals surface area contributed by atoms with Crippen LogP contribution in [0.15, 0.2) is 46.9 Å². The largest absolute Gasteiger partial charge is 0.491 e. The lowest BCUT2D eigenvalue weighted by molar-refractivity contribution is 0.117. The maximum atomic E-state index is 9.99. The van der Waals surface area contributed by atoms with Crippen LogP contribution in [0.5, 0.6) is 5.75 Å². The van der Waals surface area contributed by atoms with Crippen molar-refractivity contribution < 1.29 is 9.84 Å². The van der Waals surface area contributed by atoms with Crippen molar-refractivity contribution in [2.75, 3.05) is 18.5 Å². The minimum absolute atomic E-state index is 0.263. The minimum atomic E-state index is -0.562. The molecule has 1 unspecified atom stereocenters. The normalized spacial score (nSPS) is 12.0. The molecule has 0 saturated heterocycles. The number of aryl methyl sites for hydroxylation is 1. The van der Waals surface area contributed by atoms with E-state index in [1.54, 1.807) is 0 Å². The molecule has 112 valence electrons. The summed E-state index contributed by atoms with van der Waals surface area (Å²) in [7, 11) is 0. The Morgan fingerprint density at radius 1 is 1.14 bits per heavy atom. The molecule has 0 bridgehead atoms. The fraction of sp³-hybridized carbons (Fsp3) is 0.294. The molecular formula is C17H20BrNO2. The van der Waals surface area contributed by atoms with Crippen LogP contribution < -0.4 is 10.1 Å². The summed E-state index contributed by atoms with van der Waals surface area (Å²) >= 11 is 3.37. The van der Waals surface area contributed by atoms with Crippen molar-refractivity contribution in [2.24, 2.45) is 0 Å². The van der Waals surface area contributed by atoms with E-state index in [-0.39, 0.29) is 6.61 Å². The van der Waals surface area contributed by atoms with Crippen LogP contribution in [0.1, 0.15) is 11.1 Å². The molecule has 0 aliphatic rings. The molecule has 21 heavy (non-hydrogen) atoms. The van der Waals surface area contributed by atoms with Gasteiger partial charge in [-0.15, -0.1) is 0 Å². The molecule has 2 aromatic rings. The van der Waals surface area contributed by atoms with Crippen LogP contribution in [0.3, 0.4) is 0 Å². The van der Waals surface area contributed by atoms with Gasteiger partial charge in [-0.1, -0.05) is 28.1 Å². The summed E-state index contributed by atoms with van der Waals surface area (Å²) in [5.41, 5.74) is 3.50. The maximum Gasteiger partial charge on any atom is 0.119 e. The van der Waals surface area contributed by atoms with E-state index in [0.29, 0.717) is 6.54 Å². The van der Waals surface area contributed by atoms with Crippen molar-refractivity contribution in [1.82, 2.24) is 0 Å². The molecule has 0 aliphatic heterocycles. The summed E-state index contributed by atoms with van der Waals surface area (Å²) in [6.07, 6.45) is -0.562. The van der Waals surface area contributed by atoms with E-state index >= 15 is 0 Å². The first kappa shape index (κ1) is 15.9. The average Bonchev–Trinajstić information content (AvgIpc) is 2.48. The summed E-state index contributed by atoms with van der Waals surface area (Å²) in [6, 6.07) is 13.7. The van der Waals surface area contributed by atoms with Crippen LogP contribution in [-0.4, -0.2) is 24.4 Å². The van der Waals surface area contributed by atoms with Crippen LogP contribution in [0, 0.1) is 13.8 Å². The van der Waals surface area contributed by atoms with Crippen LogP contribution >= 0.6 is 15.9 Å². The van der Waals surface area contributed by atoms with E-state index < -0.39 is 6.10 Å². The Morgan fingerprint density at radius 2 is 1.86 bits per heavy atom. The summed E-state index contributed by atoms with van der Waals surface area (Å²) in [4.78, 5) is 0. The van der Waals surface area contributed by atoms with Gasteiger partial charge >= 0.3 is 0 Å². The SMILES string of the molecule is Cc1cccc(NCC(O)COc2ccc(Br)cc2)c1C. The number of hydrogen-bond acceptors (Lipinski definition) is 3. The third-order valence-electron chi connectivity index (χ3n) is 3.39. The maximum absolute atomic E-state index is 9.99. The van der Waals surface area contributed by atoms with Gasteiger partial charge in [-0.2, -0.15) is 0 Å². The summed E-state index contributed by atoms with van der Waals surface area (Å²) in [5.74, 6) is 0.754. The average molecular weight is 350 g/mol. The number of aliphatic hydroxyl groups is 1. The van der Waals surface area contributed by atoms with Crippen molar-refractivity contribution in [2.45, 2.75) is 20.0 Å². The number of halogens is 1. The molecule has 0 fully saturated rings. The highest BCUT2D eigenvalue weighted by Gasteiger charge is 2.07. The lowest BCUT2D eigenvalue weighted by atomic mass is 10.1. The molecule has 0 aliphatic carbocycles. The number of hydrogen-bond donors (Lipinski definition) is 2. The molecule has 2 aromatic carbocycles. The van der Waals surface area contributed by atoms with Gasteiger partial charge in [-0.05, 0) is 55.3 Å². The number of rotatable bonds is 6. The van der Waals surface area contributed by atoms with Crippen LogP contribution in [-0.2, 0) is 0 Å². The Kier molecular flexibility index (Phi) is 5.65. The third kappa shape index (κ3) is 4.76. The zero-order valence-electron chi connectivity index (χ0n) is 12.3. The smallest absolute Gasteiger partial charge is 0.119 e. The van der Waals surface area contributed by atoms with Gasteiger partial charge in [0.1, 0.15) is 18.5 Å². The second-order valence-electron chi connectivity index (χ2n) is 5.05. The van der Waals surface area contributed by atoms with Crippen LogP contribution in [0.2, 0.25) is 0 Å². The predicted octanol–water partition coefficient (Wildman–Crippen LogP) is 3.92. The summed E-state index contributed by atoms with van der Waals surface area (Å²) in [5, 5.41) is 13.3. The van der Waals surface area contributed by atoms with E-state index in [1.807, 2.05) is 36.4 Å². The predicted molar refractivity (Wildman–Crippen MR) is 90.0 cm³/mol. The second-order valence-corrected chi connectivity index (χ2v) is 5.96. The first-order chi connectivity index (χ1) is 10.1.